The minimum Gasteiger partial charge on any atom is -0.486 e. The van der Waals surface area contributed by atoms with Gasteiger partial charge in [-0.2, -0.15) is 0 Å². The molecular formula is C15H18N2O6. The Balaban J connectivity index is 1.82. The highest BCUT2D eigenvalue weighted by Gasteiger charge is 2.17. The monoisotopic (exact) mass is 322 g/mol. The molecule has 2 amide bonds. The molecule has 0 aliphatic carbocycles. The van der Waals surface area contributed by atoms with Gasteiger partial charge in [-0.3, -0.25) is 9.59 Å². The summed E-state index contributed by atoms with van der Waals surface area (Å²) < 4.78 is 15.6. The number of rotatable bonds is 5. The van der Waals surface area contributed by atoms with Crippen LogP contribution in [0.4, 0.5) is 0 Å². The molecule has 2 rings (SSSR count). The number of likely N-dealkylation sites (N-methyl/N-ethyl adjacent to an activating group) is 1. The Morgan fingerprint density at radius 1 is 1.17 bits per heavy atom. The number of amides is 2. The lowest BCUT2D eigenvalue weighted by atomic mass is 10.2. The van der Waals surface area contributed by atoms with Crippen molar-refractivity contribution in [3.63, 3.8) is 0 Å². The molecule has 8 heteroatoms. The standard InChI is InChI=1S/C15H18N2O6/c1-17(2)14(19)8-16-13(18)9-23-15(20)10-3-4-11-12(7-10)22-6-5-21-11/h3-4,7H,5-6,8-9H2,1-2H3,(H,16,18). The third kappa shape index (κ3) is 4.60. The zero-order chi connectivity index (χ0) is 16.8. The van der Waals surface area contributed by atoms with Crippen molar-refractivity contribution in [3.05, 3.63) is 23.8 Å². The zero-order valence-corrected chi connectivity index (χ0v) is 13.0. The van der Waals surface area contributed by atoms with Crippen LogP contribution in [0.3, 0.4) is 0 Å². The molecule has 1 aromatic carbocycles. The summed E-state index contributed by atoms with van der Waals surface area (Å²) in [5, 5.41) is 2.37. The van der Waals surface area contributed by atoms with Crippen molar-refractivity contribution in [1.82, 2.24) is 10.2 Å². The topological polar surface area (TPSA) is 94.2 Å². The first kappa shape index (κ1) is 16.6. The summed E-state index contributed by atoms with van der Waals surface area (Å²) >= 11 is 0. The van der Waals surface area contributed by atoms with Gasteiger partial charge in [-0.05, 0) is 18.2 Å². The normalized spacial score (nSPS) is 12.3. The second-order valence-electron chi connectivity index (χ2n) is 5.00. The molecule has 0 aromatic heterocycles. The van der Waals surface area contributed by atoms with E-state index in [1.165, 1.54) is 17.0 Å². The van der Waals surface area contributed by atoms with Crippen molar-refractivity contribution < 1.29 is 28.6 Å². The van der Waals surface area contributed by atoms with Crippen molar-refractivity contribution in [3.8, 4) is 11.5 Å². The molecule has 0 saturated heterocycles. The van der Waals surface area contributed by atoms with E-state index in [1.807, 2.05) is 0 Å². The molecule has 124 valence electrons. The van der Waals surface area contributed by atoms with Crippen LogP contribution in [0.5, 0.6) is 11.5 Å². The van der Waals surface area contributed by atoms with E-state index in [4.69, 9.17) is 14.2 Å². The van der Waals surface area contributed by atoms with Crippen molar-refractivity contribution in [2.24, 2.45) is 0 Å². The first-order valence-electron chi connectivity index (χ1n) is 7.01. The number of fused-ring (bicyclic) bond motifs is 1. The third-order valence-electron chi connectivity index (χ3n) is 3.05. The molecule has 0 spiro atoms. The number of esters is 1. The quantitative estimate of drug-likeness (QED) is 0.756. The van der Waals surface area contributed by atoms with Crippen LogP contribution in [0, 0.1) is 0 Å². The number of carbonyl (C=O) groups is 3. The Hall–Kier alpha value is -2.77. The minimum atomic E-state index is -0.656. The molecule has 23 heavy (non-hydrogen) atoms. The molecule has 0 bridgehead atoms. The van der Waals surface area contributed by atoms with E-state index in [-0.39, 0.29) is 18.0 Å². The van der Waals surface area contributed by atoms with Gasteiger partial charge in [0.25, 0.3) is 5.91 Å². The van der Waals surface area contributed by atoms with E-state index in [1.54, 1.807) is 20.2 Å². The minimum absolute atomic E-state index is 0.145. The molecule has 0 radical (unpaired) electrons. The highest BCUT2D eigenvalue weighted by Crippen LogP contribution is 2.30. The number of ether oxygens (including phenoxy) is 3. The van der Waals surface area contributed by atoms with Gasteiger partial charge in [0.1, 0.15) is 13.2 Å². The third-order valence-corrected chi connectivity index (χ3v) is 3.05. The molecule has 1 heterocycles. The summed E-state index contributed by atoms with van der Waals surface area (Å²) in [4.78, 5) is 36.1. The number of carbonyl (C=O) groups excluding carboxylic acids is 3. The molecule has 1 N–H and O–H groups in total. The maximum Gasteiger partial charge on any atom is 0.338 e. The fourth-order valence-electron chi connectivity index (χ4n) is 1.77. The lowest BCUT2D eigenvalue weighted by Crippen LogP contribution is -2.38. The van der Waals surface area contributed by atoms with Crippen molar-refractivity contribution in [2.45, 2.75) is 0 Å². The van der Waals surface area contributed by atoms with Gasteiger partial charge in [0.2, 0.25) is 5.91 Å². The van der Waals surface area contributed by atoms with Crippen LogP contribution >= 0.6 is 0 Å². The molecule has 0 saturated carbocycles. The van der Waals surface area contributed by atoms with Crippen LogP contribution in [-0.4, -0.2) is 63.1 Å². The van der Waals surface area contributed by atoms with Gasteiger partial charge in [0.05, 0.1) is 12.1 Å². The fourth-order valence-corrected chi connectivity index (χ4v) is 1.77. The summed E-state index contributed by atoms with van der Waals surface area (Å²) in [7, 11) is 3.16. The smallest absolute Gasteiger partial charge is 0.338 e. The largest absolute Gasteiger partial charge is 0.486 e. The van der Waals surface area contributed by atoms with E-state index in [9.17, 15) is 14.4 Å². The molecule has 8 nitrogen and oxygen atoms in total. The first-order valence-corrected chi connectivity index (χ1v) is 7.01. The highest BCUT2D eigenvalue weighted by atomic mass is 16.6. The van der Waals surface area contributed by atoms with Crippen LogP contribution in [0.15, 0.2) is 18.2 Å². The van der Waals surface area contributed by atoms with E-state index in [0.717, 1.165) is 0 Å². The van der Waals surface area contributed by atoms with Gasteiger partial charge in [-0.25, -0.2) is 4.79 Å². The average Bonchev–Trinajstić information content (AvgIpc) is 2.56. The maximum absolute atomic E-state index is 11.9. The van der Waals surface area contributed by atoms with Gasteiger partial charge in [-0.1, -0.05) is 0 Å². The summed E-state index contributed by atoms with van der Waals surface area (Å²) in [6, 6.07) is 4.65. The molecule has 1 aliphatic rings. The van der Waals surface area contributed by atoms with Crippen molar-refractivity contribution in [1.29, 1.82) is 0 Å². The van der Waals surface area contributed by atoms with Crippen LogP contribution in [0.25, 0.3) is 0 Å². The summed E-state index contributed by atoms with van der Waals surface area (Å²) in [5.41, 5.74) is 0.256. The van der Waals surface area contributed by atoms with Gasteiger partial charge in [0.15, 0.2) is 18.1 Å². The van der Waals surface area contributed by atoms with Crippen LogP contribution in [-0.2, 0) is 14.3 Å². The zero-order valence-electron chi connectivity index (χ0n) is 13.0. The van der Waals surface area contributed by atoms with Crippen LogP contribution in [0.2, 0.25) is 0 Å². The fraction of sp³-hybridized carbons (Fsp3) is 0.400. The van der Waals surface area contributed by atoms with Crippen LogP contribution < -0.4 is 14.8 Å². The van der Waals surface area contributed by atoms with Gasteiger partial charge in [0, 0.05) is 14.1 Å². The van der Waals surface area contributed by atoms with Gasteiger partial charge in [-0.15, -0.1) is 0 Å². The van der Waals surface area contributed by atoms with E-state index in [0.29, 0.717) is 24.7 Å². The highest BCUT2D eigenvalue weighted by molar-refractivity contribution is 5.92. The number of nitrogens with zero attached hydrogens (tertiary/aromatic N) is 1. The van der Waals surface area contributed by atoms with Gasteiger partial charge >= 0.3 is 5.97 Å². The lowest BCUT2D eigenvalue weighted by Gasteiger charge is -2.18. The SMILES string of the molecule is CN(C)C(=O)CNC(=O)COC(=O)c1ccc2c(c1)OCCO2. The van der Waals surface area contributed by atoms with Crippen molar-refractivity contribution in [2.75, 3.05) is 40.5 Å². The van der Waals surface area contributed by atoms with E-state index < -0.39 is 18.5 Å². The van der Waals surface area contributed by atoms with Crippen molar-refractivity contribution >= 4 is 17.8 Å². The summed E-state index contributed by atoms with van der Waals surface area (Å²) in [6.45, 7) is 0.262. The second-order valence-corrected chi connectivity index (χ2v) is 5.00. The maximum atomic E-state index is 11.9. The average molecular weight is 322 g/mol. The van der Waals surface area contributed by atoms with E-state index in [2.05, 4.69) is 5.32 Å². The lowest BCUT2D eigenvalue weighted by molar-refractivity contribution is -0.131. The van der Waals surface area contributed by atoms with E-state index >= 15 is 0 Å². The molecule has 0 unspecified atom stereocenters. The Labute approximate surface area is 133 Å². The summed E-state index contributed by atoms with van der Waals surface area (Å²) in [5.74, 6) is -0.432. The number of nitrogens with one attached hydrogen (secondary N) is 1. The molecule has 1 aromatic rings. The number of hydrogen-bond acceptors (Lipinski definition) is 6. The summed E-state index contributed by atoms with van der Waals surface area (Å²) in [6.07, 6.45) is 0. The Morgan fingerprint density at radius 2 is 1.87 bits per heavy atom. The number of hydrogen-bond donors (Lipinski definition) is 1. The van der Waals surface area contributed by atoms with Crippen LogP contribution in [0.1, 0.15) is 10.4 Å². The predicted molar refractivity (Wildman–Crippen MR) is 79.4 cm³/mol. The molecular weight excluding hydrogens is 304 g/mol. The Kier molecular flexibility index (Phi) is 5.40. The van der Waals surface area contributed by atoms with Gasteiger partial charge < -0.3 is 24.4 Å². The Morgan fingerprint density at radius 3 is 2.57 bits per heavy atom. The Bertz CT molecular complexity index is 614. The molecule has 0 atom stereocenters. The predicted octanol–water partition coefficient (Wildman–Crippen LogP) is -0.181. The molecule has 0 fully saturated rings. The number of benzene rings is 1. The molecule has 1 aliphatic heterocycles. The first-order chi connectivity index (χ1) is 11.0. The second kappa shape index (κ2) is 7.48.